The van der Waals surface area contributed by atoms with E-state index in [0.29, 0.717) is 23.7 Å². The number of anilines is 1. The molecule has 0 aliphatic carbocycles. The predicted octanol–water partition coefficient (Wildman–Crippen LogP) is 4.14. The summed E-state index contributed by atoms with van der Waals surface area (Å²) in [4.78, 5) is 26.4. The minimum Gasteiger partial charge on any atom is -0.326 e. The molecule has 29 heavy (non-hydrogen) atoms. The second-order valence-corrected chi connectivity index (χ2v) is 10.5. The molecule has 156 valence electrons. The standard InChI is InChI=1S/C21H26N2O4S2/c1-15-6-8-17(29(26,27)23-12-4-3-5-13-23)14-18(15)22-21(25)11-9-19(24)20-10-7-16(2)28-20/h6-8,10,14H,3-5,9,11-13H2,1-2H3,(H,22,25). The average Bonchev–Trinajstić information content (AvgIpc) is 3.15. The molecule has 1 fully saturated rings. The molecule has 1 amide bonds. The molecular weight excluding hydrogens is 408 g/mol. The van der Waals surface area contributed by atoms with Crippen molar-refractivity contribution < 1.29 is 18.0 Å². The zero-order chi connectivity index (χ0) is 21.0. The van der Waals surface area contributed by atoms with E-state index in [2.05, 4.69) is 5.32 Å². The molecule has 2 aromatic rings. The third-order valence-electron chi connectivity index (χ3n) is 5.03. The topological polar surface area (TPSA) is 83.5 Å². The van der Waals surface area contributed by atoms with Crippen molar-refractivity contribution in [2.75, 3.05) is 18.4 Å². The van der Waals surface area contributed by atoms with Crippen LogP contribution in [0.1, 0.15) is 52.2 Å². The molecule has 1 aromatic heterocycles. The summed E-state index contributed by atoms with van der Waals surface area (Å²) in [6.45, 7) is 4.80. The van der Waals surface area contributed by atoms with Crippen LogP contribution in [0.3, 0.4) is 0 Å². The molecule has 8 heteroatoms. The Morgan fingerprint density at radius 1 is 1.03 bits per heavy atom. The first-order chi connectivity index (χ1) is 13.8. The number of benzene rings is 1. The fourth-order valence-corrected chi connectivity index (χ4v) is 5.68. The molecule has 3 rings (SSSR count). The van der Waals surface area contributed by atoms with Crippen molar-refractivity contribution in [3.05, 3.63) is 45.6 Å². The van der Waals surface area contributed by atoms with Gasteiger partial charge in [0.25, 0.3) is 0 Å². The van der Waals surface area contributed by atoms with E-state index < -0.39 is 10.0 Å². The number of carbonyl (C=O) groups is 2. The lowest BCUT2D eigenvalue weighted by atomic mass is 10.1. The van der Waals surface area contributed by atoms with E-state index in [-0.39, 0.29) is 29.4 Å². The largest absolute Gasteiger partial charge is 0.326 e. The van der Waals surface area contributed by atoms with E-state index in [1.165, 1.54) is 21.7 Å². The summed E-state index contributed by atoms with van der Waals surface area (Å²) in [5, 5.41) is 2.77. The smallest absolute Gasteiger partial charge is 0.243 e. The van der Waals surface area contributed by atoms with Gasteiger partial charge >= 0.3 is 0 Å². The number of hydrogen-bond donors (Lipinski definition) is 1. The number of sulfonamides is 1. The third kappa shape index (κ3) is 5.32. The van der Waals surface area contributed by atoms with Crippen LogP contribution in [-0.2, 0) is 14.8 Å². The highest BCUT2D eigenvalue weighted by Crippen LogP contribution is 2.25. The highest BCUT2D eigenvalue weighted by atomic mass is 32.2. The Bertz CT molecular complexity index is 1010. The Labute approximate surface area is 176 Å². The Morgan fingerprint density at radius 3 is 2.41 bits per heavy atom. The van der Waals surface area contributed by atoms with Crippen LogP contribution in [0, 0.1) is 13.8 Å². The van der Waals surface area contributed by atoms with Gasteiger partial charge in [0.15, 0.2) is 5.78 Å². The number of nitrogens with zero attached hydrogens (tertiary/aromatic N) is 1. The van der Waals surface area contributed by atoms with Crippen molar-refractivity contribution in [1.29, 1.82) is 0 Å². The second kappa shape index (κ2) is 9.19. The lowest BCUT2D eigenvalue weighted by Gasteiger charge is -2.26. The number of carbonyl (C=O) groups excluding carboxylic acids is 2. The van der Waals surface area contributed by atoms with Gasteiger partial charge in [0.1, 0.15) is 0 Å². The molecule has 1 aliphatic rings. The Hall–Kier alpha value is -2.03. The van der Waals surface area contributed by atoms with Crippen molar-refractivity contribution in [1.82, 2.24) is 4.31 Å². The zero-order valence-electron chi connectivity index (χ0n) is 16.7. The van der Waals surface area contributed by atoms with Crippen LogP contribution in [0.2, 0.25) is 0 Å². The maximum absolute atomic E-state index is 12.9. The van der Waals surface area contributed by atoms with Crippen LogP contribution in [0.25, 0.3) is 0 Å². The van der Waals surface area contributed by atoms with Gasteiger partial charge < -0.3 is 5.32 Å². The molecule has 1 saturated heterocycles. The lowest BCUT2D eigenvalue weighted by Crippen LogP contribution is -2.35. The number of hydrogen-bond acceptors (Lipinski definition) is 5. The molecular formula is C21H26N2O4S2. The van der Waals surface area contributed by atoms with Gasteiger partial charge in [0.2, 0.25) is 15.9 Å². The summed E-state index contributed by atoms with van der Waals surface area (Å²) in [6, 6.07) is 8.46. The molecule has 0 spiro atoms. The third-order valence-corrected chi connectivity index (χ3v) is 7.97. The average molecular weight is 435 g/mol. The SMILES string of the molecule is Cc1ccc(C(=O)CCC(=O)Nc2cc(S(=O)(=O)N3CCCCC3)ccc2C)s1. The zero-order valence-corrected chi connectivity index (χ0v) is 18.4. The summed E-state index contributed by atoms with van der Waals surface area (Å²) in [6.07, 6.45) is 2.96. The fraction of sp³-hybridized carbons (Fsp3) is 0.429. The number of ketones is 1. The highest BCUT2D eigenvalue weighted by molar-refractivity contribution is 7.89. The molecule has 0 unspecified atom stereocenters. The molecule has 0 bridgehead atoms. The van der Waals surface area contributed by atoms with Crippen molar-refractivity contribution in [3.8, 4) is 0 Å². The van der Waals surface area contributed by atoms with Gasteiger partial charge in [-0.2, -0.15) is 4.31 Å². The van der Waals surface area contributed by atoms with Crippen LogP contribution in [0.5, 0.6) is 0 Å². The minimum absolute atomic E-state index is 0.0539. The molecule has 1 aromatic carbocycles. The Kier molecular flexibility index (Phi) is 6.87. The summed E-state index contributed by atoms with van der Waals surface area (Å²) < 4.78 is 27.3. The maximum Gasteiger partial charge on any atom is 0.243 e. The first-order valence-electron chi connectivity index (χ1n) is 9.77. The van der Waals surface area contributed by atoms with Crippen molar-refractivity contribution in [2.24, 2.45) is 0 Å². The van der Waals surface area contributed by atoms with Gasteiger partial charge in [-0.1, -0.05) is 12.5 Å². The predicted molar refractivity (Wildman–Crippen MR) is 115 cm³/mol. The second-order valence-electron chi connectivity index (χ2n) is 7.32. The Balaban J connectivity index is 1.66. The molecule has 0 saturated carbocycles. The Morgan fingerprint density at radius 2 is 1.76 bits per heavy atom. The van der Waals surface area contributed by atoms with E-state index in [0.717, 1.165) is 29.7 Å². The number of thiophene rings is 1. The summed E-state index contributed by atoms with van der Waals surface area (Å²) >= 11 is 1.42. The summed E-state index contributed by atoms with van der Waals surface area (Å²) in [5.74, 6) is -0.362. The molecule has 6 nitrogen and oxygen atoms in total. The monoisotopic (exact) mass is 434 g/mol. The number of rotatable bonds is 7. The van der Waals surface area contributed by atoms with Crippen LogP contribution in [0.4, 0.5) is 5.69 Å². The van der Waals surface area contributed by atoms with Gasteiger partial charge in [0.05, 0.1) is 9.77 Å². The van der Waals surface area contributed by atoms with Gasteiger partial charge in [-0.3, -0.25) is 9.59 Å². The van der Waals surface area contributed by atoms with Crippen molar-refractivity contribution in [2.45, 2.75) is 50.8 Å². The fourth-order valence-electron chi connectivity index (χ4n) is 3.30. The van der Waals surface area contributed by atoms with E-state index in [1.807, 2.05) is 19.9 Å². The van der Waals surface area contributed by atoms with E-state index in [4.69, 9.17) is 0 Å². The van der Waals surface area contributed by atoms with Gasteiger partial charge in [-0.25, -0.2) is 8.42 Å². The van der Waals surface area contributed by atoms with Crippen LogP contribution in [0.15, 0.2) is 35.2 Å². The lowest BCUT2D eigenvalue weighted by molar-refractivity contribution is -0.116. The van der Waals surface area contributed by atoms with Crippen molar-refractivity contribution in [3.63, 3.8) is 0 Å². The summed E-state index contributed by atoms with van der Waals surface area (Å²) in [7, 11) is -3.57. The highest BCUT2D eigenvalue weighted by Gasteiger charge is 2.26. The molecule has 0 atom stereocenters. The van der Waals surface area contributed by atoms with Gasteiger partial charge in [-0.15, -0.1) is 11.3 Å². The summed E-state index contributed by atoms with van der Waals surface area (Å²) in [5.41, 5.74) is 1.24. The quantitative estimate of drug-likeness (QED) is 0.664. The minimum atomic E-state index is -3.57. The van der Waals surface area contributed by atoms with Crippen LogP contribution < -0.4 is 5.32 Å². The molecule has 0 radical (unpaired) electrons. The number of Topliss-reactive ketones (excluding diaryl/α,β-unsaturated/α-hetero) is 1. The van der Waals surface area contributed by atoms with Gasteiger partial charge in [0, 0.05) is 36.5 Å². The van der Waals surface area contributed by atoms with Crippen molar-refractivity contribution >= 4 is 38.7 Å². The van der Waals surface area contributed by atoms with E-state index >= 15 is 0 Å². The molecule has 1 N–H and O–H groups in total. The maximum atomic E-state index is 12.9. The number of piperidine rings is 1. The van der Waals surface area contributed by atoms with Crippen LogP contribution >= 0.6 is 11.3 Å². The number of amides is 1. The molecule has 1 aliphatic heterocycles. The number of aryl methyl sites for hydroxylation is 2. The van der Waals surface area contributed by atoms with E-state index in [9.17, 15) is 18.0 Å². The number of nitrogens with one attached hydrogen (secondary N) is 1. The molecule has 2 heterocycles. The van der Waals surface area contributed by atoms with E-state index in [1.54, 1.807) is 18.2 Å². The first-order valence-corrected chi connectivity index (χ1v) is 12.0. The first kappa shape index (κ1) is 21.7. The van der Waals surface area contributed by atoms with Gasteiger partial charge in [-0.05, 0) is 56.5 Å². The normalized spacial score (nSPS) is 15.2. The van der Waals surface area contributed by atoms with Crippen LogP contribution in [-0.4, -0.2) is 37.5 Å².